The number of aryl methyl sites for hydroxylation is 1. The fraction of sp³-hybridized carbons (Fsp3) is 0.467. The van der Waals surface area contributed by atoms with Crippen LogP contribution in [0.15, 0.2) is 18.2 Å². The Balaban J connectivity index is 0.00000161. The average molecular weight is 326 g/mol. The van der Waals surface area contributed by atoms with Crippen molar-refractivity contribution in [2.24, 2.45) is 0 Å². The van der Waals surface area contributed by atoms with Gasteiger partial charge in [-0.2, -0.15) is 0 Å². The first-order valence-corrected chi connectivity index (χ1v) is 7.93. The second-order valence-corrected chi connectivity index (χ2v) is 6.53. The van der Waals surface area contributed by atoms with Crippen LogP contribution in [-0.2, 0) is 4.79 Å². The van der Waals surface area contributed by atoms with Crippen LogP contribution in [0.1, 0.15) is 30.7 Å². The molecule has 4 nitrogen and oxygen atoms in total. The number of nitrogens with one attached hydrogen (secondary N) is 2. The topological polar surface area (TPSA) is 54.0 Å². The van der Waals surface area contributed by atoms with Crippen molar-refractivity contribution in [2.75, 3.05) is 11.9 Å². The molecule has 1 saturated heterocycles. The molecular formula is C15H20ClN3OS. The summed E-state index contributed by atoms with van der Waals surface area (Å²) in [5, 5.41) is 7.45. The number of halogens is 1. The summed E-state index contributed by atoms with van der Waals surface area (Å²) in [7, 11) is 0. The fourth-order valence-corrected chi connectivity index (χ4v) is 3.52. The van der Waals surface area contributed by atoms with E-state index >= 15 is 0 Å². The van der Waals surface area contributed by atoms with Crippen LogP contribution in [0.5, 0.6) is 0 Å². The zero-order valence-electron chi connectivity index (χ0n) is 12.0. The van der Waals surface area contributed by atoms with E-state index in [4.69, 9.17) is 0 Å². The van der Waals surface area contributed by atoms with E-state index in [2.05, 4.69) is 15.6 Å². The number of hydrogen-bond donors (Lipinski definition) is 2. The number of carbonyl (C=O) groups is 1. The van der Waals surface area contributed by atoms with Crippen LogP contribution in [0.3, 0.4) is 0 Å². The molecule has 21 heavy (non-hydrogen) atoms. The highest BCUT2D eigenvalue weighted by molar-refractivity contribution is 7.18. The molecule has 1 unspecified atom stereocenters. The summed E-state index contributed by atoms with van der Waals surface area (Å²) >= 11 is 1.65. The monoisotopic (exact) mass is 325 g/mol. The Morgan fingerprint density at radius 1 is 1.52 bits per heavy atom. The maximum Gasteiger partial charge on any atom is 0.224 e. The standard InChI is InChI=1S/C15H19N3OS.ClH/c1-10-17-13-6-4-12(9-14(13)20-10)18-15(19)7-5-11-3-2-8-16-11;/h4,6,9,11,16H,2-3,5,7-8H2,1H3,(H,18,19);1H. The molecule has 1 aliphatic heterocycles. The molecule has 0 spiro atoms. The number of benzene rings is 1. The molecule has 1 fully saturated rings. The molecule has 1 aromatic heterocycles. The fourth-order valence-electron chi connectivity index (χ4n) is 2.65. The maximum absolute atomic E-state index is 12.0. The van der Waals surface area contributed by atoms with Crippen molar-refractivity contribution in [1.29, 1.82) is 0 Å². The van der Waals surface area contributed by atoms with E-state index in [9.17, 15) is 4.79 Å². The zero-order valence-corrected chi connectivity index (χ0v) is 13.6. The molecule has 2 N–H and O–H groups in total. The third-order valence-corrected chi connectivity index (χ3v) is 4.59. The number of rotatable bonds is 4. The SMILES string of the molecule is Cc1nc2ccc(NC(=O)CCC3CCCN3)cc2s1.Cl. The van der Waals surface area contributed by atoms with Gasteiger partial charge in [0.05, 0.1) is 15.2 Å². The smallest absolute Gasteiger partial charge is 0.224 e. The zero-order chi connectivity index (χ0) is 13.9. The summed E-state index contributed by atoms with van der Waals surface area (Å²) < 4.78 is 1.12. The van der Waals surface area contributed by atoms with Gasteiger partial charge in [-0.15, -0.1) is 23.7 Å². The molecule has 6 heteroatoms. The highest BCUT2D eigenvalue weighted by Crippen LogP contribution is 2.24. The van der Waals surface area contributed by atoms with Gasteiger partial charge in [-0.05, 0) is 50.9 Å². The third-order valence-electron chi connectivity index (χ3n) is 3.66. The Labute approximate surface area is 134 Å². The molecule has 1 atom stereocenters. The first kappa shape index (κ1) is 16.2. The van der Waals surface area contributed by atoms with E-state index in [-0.39, 0.29) is 18.3 Å². The van der Waals surface area contributed by atoms with Gasteiger partial charge in [0.2, 0.25) is 5.91 Å². The van der Waals surface area contributed by atoms with Crippen LogP contribution >= 0.6 is 23.7 Å². The normalized spacial score (nSPS) is 17.7. The molecule has 0 saturated carbocycles. The van der Waals surface area contributed by atoms with E-state index in [1.165, 1.54) is 12.8 Å². The predicted molar refractivity (Wildman–Crippen MR) is 90.5 cm³/mol. The number of carbonyl (C=O) groups excluding carboxylic acids is 1. The van der Waals surface area contributed by atoms with Crippen molar-refractivity contribution in [3.63, 3.8) is 0 Å². The van der Waals surface area contributed by atoms with Crippen LogP contribution in [0.4, 0.5) is 5.69 Å². The highest BCUT2D eigenvalue weighted by Gasteiger charge is 2.15. The van der Waals surface area contributed by atoms with Gasteiger partial charge in [-0.1, -0.05) is 0 Å². The van der Waals surface area contributed by atoms with E-state index in [0.717, 1.165) is 33.9 Å². The number of anilines is 1. The van der Waals surface area contributed by atoms with E-state index in [0.29, 0.717) is 12.5 Å². The molecule has 3 rings (SSSR count). The Morgan fingerprint density at radius 3 is 3.14 bits per heavy atom. The van der Waals surface area contributed by atoms with Crippen molar-refractivity contribution >= 4 is 45.6 Å². The van der Waals surface area contributed by atoms with Gasteiger partial charge in [-0.25, -0.2) is 4.98 Å². The Kier molecular flexibility index (Phi) is 5.56. The number of aromatic nitrogens is 1. The molecular weight excluding hydrogens is 306 g/mol. The first-order chi connectivity index (χ1) is 9.70. The number of amides is 1. The van der Waals surface area contributed by atoms with Gasteiger partial charge in [0.1, 0.15) is 0 Å². The van der Waals surface area contributed by atoms with Crippen LogP contribution in [-0.4, -0.2) is 23.5 Å². The largest absolute Gasteiger partial charge is 0.326 e. The molecule has 0 bridgehead atoms. The lowest BCUT2D eigenvalue weighted by Gasteiger charge is -2.10. The number of thiazole rings is 1. The van der Waals surface area contributed by atoms with E-state index in [1.807, 2.05) is 25.1 Å². The highest BCUT2D eigenvalue weighted by atomic mass is 35.5. The van der Waals surface area contributed by atoms with Gasteiger partial charge in [0.25, 0.3) is 0 Å². The quantitative estimate of drug-likeness (QED) is 0.904. The number of nitrogens with zero attached hydrogens (tertiary/aromatic N) is 1. The first-order valence-electron chi connectivity index (χ1n) is 7.11. The summed E-state index contributed by atoms with van der Waals surface area (Å²) in [5.74, 6) is 0.0966. The van der Waals surface area contributed by atoms with Crippen LogP contribution in [0, 0.1) is 6.92 Å². The number of fused-ring (bicyclic) bond motifs is 1. The number of hydrogen-bond acceptors (Lipinski definition) is 4. The lowest BCUT2D eigenvalue weighted by atomic mass is 10.1. The van der Waals surface area contributed by atoms with Gasteiger partial charge < -0.3 is 10.6 Å². The van der Waals surface area contributed by atoms with Crippen LogP contribution in [0.2, 0.25) is 0 Å². The summed E-state index contributed by atoms with van der Waals surface area (Å²) in [4.78, 5) is 16.4. The lowest BCUT2D eigenvalue weighted by molar-refractivity contribution is -0.116. The molecule has 0 aliphatic carbocycles. The molecule has 2 aromatic rings. The van der Waals surface area contributed by atoms with Crippen molar-refractivity contribution in [3.8, 4) is 0 Å². The summed E-state index contributed by atoms with van der Waals surface area (Å²) in [5.41, 5.74) is 1.87. The minimum Gasteiger partial charge on any atom is -0.326 e. The maximum atomic E-state index is 12.0. The molecule has 1 amide bonds. The lowest BCUT2D eigenvalue weighted by Crippen LogP contribution is -2.23. The summed E-state index contributed by atoms with van der Waals surface area (Å²) in [6.07, 6.45) is 3.93. The minimum atomic E-state index is 0. The van der Waals surface area contributed by atoms with Crippen LogP contribution in [0.25, 0.3) is 10.2 Å². The second-order valence-electron chi connectivity index (χ2n) is 5.30. The molecule has 114 valence electrons. The summed E-state index contributed by atoms with van der Waals surface area (Å²) in [6, 6.07) is 6.42. The third kappa shape index (κ3) is 4.15. The Morgan fingerprint density at radius 2 is 2.38 bits per heavy atom. The van der Waals surface area contributed by atoms with Gasteiger partial charge in [-0.3, -0.25) is 4.79 Å². The van der Waals surface area contributed by atoms with Crippen LogP contribution < -0.4 is 10.6 Å². The van der Waals surface area contributed by atoms with Crippen molar-refractivity contribution < 1.29 is 4.79 Å². The molecule has 1 aliphatic rings. The summed E-state index contributed by atoms with van der Waals surface area (Å²) in [6.45, 7) is 3.09. The Hall–Kier alpha value is -1.17. The van der Waals surface area contributed by atoms with Gasteiger partial charge >= 0.3 is 0 Å². The molecule has 0 radical (unpaired) electrons. The molecule has 2 heterocycles. The van der Waals surface area contributed by atoms with Gasteiger partial charge in [0.15, 0.2) is 0 Å². The van der Waals surface area contributed by atoms with Crippen molar-refractivity contribution in [3.05, 3.63) is 23.2 Å². The minimum absolute atomic E-state index is 0. The predicted octanol–water partition coefficient (Wildman–Crippen LogP) is 3.50. The second kappa shape index (κ2) is 7.20. The van der Waals surface area contributed by atoms with Crippen molar-refractivity contribution in [2.45, 2.75) is 38.6 Å². The van der Waals surface area contributed by atoms with E-state index in [1.54, 1.807) is 11.3 Å². The average Bonchev–Trinajstić information content (AvgIpc) is 3.04. The van der Waals surface area contributed by atoms with E-state index < -0.39 is 0 Å². The van der Waals surface area contributed by atoms with Gasteiger partial charge in [0, 0.05) is 18.2 Å². The molecule has 1 aromatic carbocycles. The Bertz CT molecular complexity index is 622. The van der Waals surface area contributed by atoms with Crippen molar-refractivity contribution in [1.82, 2.24) is 10.3 Å².